The molecule has 2 aliphatic rings. The number of hydrogen-bond donors (Lipinski definition) is 1. The zero-order valence-electron chi connectivity index (χ0n) is 11.2. The number of nitrogens with one attached hydrogen (secondary N) is 1. The molecule has 0 aliphatic heterocycles. The minimum atomic E-state index is -0.236. The smallest absolute Gasteiger partial charge is 0.109 e. The standard InChI is InChI=1S/C14H25N3/c1-16-14(11-15)9-4-5-12(14)8-10-17(2)13-6-3-7-13/h12-13,16H,3-10H2,1-2H3. The van der Waals surface area contributed by atoms with Gasteiger partial charge in [0.25, 0.3) is 0 Å². The second-order valence-corrected chi connectivity index (χ2v) is 5.78. The highest BCUT2D eigenvalue weighted by Crippen LogP contribution is 2.37. The molecule has 2 saturated carbocycles. The zero-order valence-corrected chi connectivity index (χ0v) is 11.2. The van der Waals surface area contributed by atoms with Crippen LogP contribution in [-0.4, -0.2) is 37.1 Å². The van der Waals surface area contributed by atoms with Crippen LogP contribution in [0.1, 0.15) is 44.9 Å². The lowest BCUT2D eigenvalue weighted by atomic mass is 9.85. The lowest BCUT2D eigenvalue weighted by molar-refractivity contribution is 0.144. The summed E-state index contributed by atoms with van der Waals surface area (Å²) in [5.41, 5.74) is -0.236. The van der Waals surface area contributed by atoms with Crippen molar-refractivity contribution < 1.29 is 0 Å². The third-order valence-electron chi connectivity index (χ3n) is 4.99. The van der Waals surface area contributed by atoms with Crippen LogP contribution in [-0.2, 0) is 0 Å². The molecule has 0 radical (unpaired) electrons. The highest BCUT2D eigenvalue weighted by molar-refractivity contribution is 5.13. The molecule has 2 atom stereocenters. The molecule has 3 heteroatoms. The van der Waals surface area contributed by atoms with E-state index in [4.69, 9.17) is 0 Å². The van der Waals surface area contributed by atoms with Gasteiger partial charge in [0.15, 0.2) is 0 Å². The number of nitriles is 1. The molecule has 2 rings (SSSR count). The number of rotatable bonds is 5. The molecule has 2 aliphatic carbocycles. The second kappa shape index (κ2) is 5.37. The molecular formula is C14H25N3. The van der Waals surface area contributed by atoms with E-state index in [9.17, 15) is 5.26 Å². The van der Waals surface area contributed by atoms with Crippen LogP contribution in [0.2, 0.25) is 0 Å². The molecular weight excluding hydrogens is 210 g/mol. The summed E-state index contributed by atoms with van der Waals surface area (Å²) in [5, 5.41) is 12.7. The van der Waals surface area contributed by atoms with Crippen molar-refractivity contribution in [2.45, 2.75) is 56.5 Å². The summed E-state index contributed by atoms with van der Waals surface area (Å²) in [7, 11) is 4.18. The minimum Gasteiger partial charge on any atom is -0.303 e. The van der Waals surface area contributed by atoms with Gasteiger partial charge in [0.2, 0.25) is 0 Å². The highest BCUT2D eigenvalue weighted by Gasteiger charge is 2.41. The van der Waals surface area contributed by atoms with Gasteiger partial charge < -0.3 is 10.2 Å². The van der Waals surface area contributed by atoms with Crippen LogP contribution in [0.3, 0.4) is 0 Å². The first-order valence-electron chi connectivity index (χ1n) is 7.02. The van der Waals surface area contributed by atoms with E-state index in [2.05, 4.69) is 23.3 Å². The van der Waals surface area contributed by atoms with Crippen molar-refractivity contribution in [3.63, 3.8) is 0 Å². The average molecular weight is 235 g/mol. The minimum absolute atomic E-state index is 0.236. The molecule has 3 nitrogen and oxygen atoms in total. The number of hydrogen-bond acceptors (Lipinski definition) is 3. The molecule has 2 fully saturated rings. The molecule has 0 aromatic rings. The van der Waals surface area contributed by atoms with E-state index in [1.807, 2.05) is 7.05 Å². The van der Waals surface area contributed by atoms with E-state index in [-0.39, 0.29) is 5.54 Å². The van der Waals surface area contributed by atoms with Gasteiger partial charge in [0.1, 0.15) is 5.54 Å². The summed E-state index contributed by atoms with van der Waals surface area (Å²) in [6, 6.07) is 3.35. The van der Waals surface area contributed by atoms with E-state index in [1.165, 1.54) is 38.5 Å². The molecule has 0 aromatic carbocycles. The van der Waals surface area contributed by atoms with Gasteiger partial charge in [-0.15, -0.1) is 0 Å². The Morgan fingerprint density at radius 3 is 2.65 bits per heavy atom. The molecule has 0 aromatic heterocycles. The van der Waals surface area contributed by atoms with Crippen molar-refractivity contribution >= 4 is 0 Å². The Morgan fingerprint density at radius 2 is 2.12 bits per heavy atom. The first-order valence-corrected chi connectivity index (χ1v) is 7.02. The summed E-state index contributed by atoms with van der Waals surface area (Å²) in [6.07, 6.45) is 8.75. The fourth-order valence-corrected chi connectivity index (χ4v) is 3.37. The largest absolute Gasteiger partial charge is 0.303 e. The maximum Gasteiger partial charge on any atom is 0.109 e. The summed E-state index contributed by atoms with van der Waals surface area (Å²) in [4.78, 5) is 2.50. The fraction of sp³-hybridized carbons (Fsp3) is 0.929. The Labute approximate surface area is 105 Å². The summed E-state index contributed by atoms with van der Waals surface area (Å²) < 4.78 is 0. The van der Waals surface area contributed by atoms with Gasteiger partial charge in [0.05, 0.1) is 6.07 Å². The van der Waals surface area contributed by atoms with Crippen molar-refractivity contribution in [2.24, 2.45) is 5.92 Å². The topological polar surface area (TPSA) is 39.1 Å². The Bertz CT molecular complexity index is 292. The normalized spacial score (nSPS) is 33.6. The molecule has 17 heavy (non-hydrogen) atoms. The maximum atomic E-state index is 9.39. The Kier molecular flexibility index (Phi) is 4.06. The van der Waals surface area contributed by atoms with Crippen LogP contribution < -0.4 is 5.32 Å². The molecule has 0 spiro atoms. The zero-order chi connectivity index (χ0) is 12.3. The van der Waals surface area contributed by atoms with Crippen LogP contribution in [0.25, 0.3) is 0 Å². The quantitative estimate of drug-likeness (QED) is 0.793. The van der Waals surface area contributed by atoms with Crippen LogP contribution >= 0.6 is 0 Å². The first-order chi connectivity index (χ1) is 8.22. The van der Waals surface area contributed by atoms with Crippen molar-refractivity contribution in [3.05, 3.63) is 0 Å². The summed E-state index contributed by atoms with van der Waals surface area (Å²) >= 11 is 0. The third kappa shape index (κ3) is 2.48. The molecule has 0 amide bonds. The van der Waals surface area contributed by atoms with E-state index < -0.39 is 0 Å². The lowest BCUT2D eigenvalue weighted by Gasteiger charge is -2.36. The average Bonchev–Trinajstić information content (AvgIpc) is 2.67. The predicted molar refractivity (Wildman–Crippen MR) is 69.6 cm³/mol. The van der Waals surface area contributed by atoms with Crippen molar-refractivity contribution in [3.8, 4) is 6.07 Å². The van der Waals surface area contributed by atoms with E-state index in [1.54, 1.807) is 0 Å². The molecule has 0 saturated heterocycles. The van der Waals surface area contributed by atoms with Crippen LogP contribution in [0.4, 0.5) is 0 Å². The monoisotopic (exact) mass is 235 g/mol. The van der Waals surface area contributed by atoms with E-state index >= 15 is 0 Å². The summed E-state index contributed by atoms with van der Waals surface area (Å²) in [6.45, 7) is 1.15. The molecule has 1 N–H and O–H groups in total. The number of nitrogens with zero attached hydrogens (tertiary/aromatic N) is 2. The van der Waals surface area contributed by atoms with Crippen LogP contribution in [0, 0.1) is 17.2 Å². The van der Waals surface area contributed by atoms with Gasteiger partial charge >= 0.3 is 0 Å². The van der Waals surface area contributed by atoms with Gasteiger partial charge in [0, 0.05) is 6.04 Å². The van der Waals surface area contributed by atoms with Crippen LogP contribution in [0.5, 0.6) is 0 Å². The predicted octanol–water partition coefficient (Wildman–Crippen LogP) is 2.14. The summed E-state index contributed by atoms with van der Waals surface area (Å²) in [5.74, 6) is 0.542. The first kappa shape index (κ1) is 12.9. The molecule has 0 bridgehead atoms. The van der Waals surface area contributed by atoms with Gasteiger partial charge in [-0.05, 0) is 58.7 Å². The molecule has 96 valence electrons. The van der Waals surface area contributed by atoms with Crippen LogP contribution in [0.15, 0.2) is 0 Å². The highest BCUT2D eigenvalue weighted by atomic mass is 15.1. The molecule has 0 heterocycles. The van der Waals surface area contributed by atoms with Gasteiger partial charge in [-0.1, -0.05) is 12.8 Å². The van der Waals surface area contributed by atoms with Crippen molar-refractivity contribution in [1.29, 1.82) is 5.26 Å². The Hall–Kier alpha value is -0.590. The van der Waals surface area contributed by atoms with E-state index in [0.717, 1.165) is 19.0 Å². The van der Waals surface area contributed by atoms with Crippen molar-refractivity contribution in [1.82, 2.24) is 10.2 Å². The third-order valence-corrected chi connectivity index (χ3v) is 4.99. The molecule has 2 unspecified atom stereocenters. The van der Waals surface area contributed by atoms with Crippen molar-refractivity contribution in [2.75, 3.05) is 20.6 Å². The Morgan fingerprint density at radius 1 is 1.35 bits per heavy atom. The van der Waals surface area contributed by atoms with Gasteiger partial charge in [-0.3, -0.25) is 0 Å². The second-order valence-electron chi connectivity index (χ2n) is 5.78. The maximum absolute atomic E-state index is 9.39. The van der Waals surface area contributed by atoms with E-state index in [0.29, 0.717) is 5.92 Å². The van der Waals surface area contributed by atoms with Gasteiger partial charge in [-0.25, -0.2) is 0 Å². The fourth-order valence-electron chi connectivity index (χ4n) is 3.37. The van der Waals surface area contributed by atoms with Gasteiger partial charge in [-0.2, -0.15) is 5.26 Å². The lowest BCUT2D eigenvalue weighted by Crippen LogP contribution is -2.46. The Balaban J connectivity index is 1.83. The SMILES string of the molecule is CNC1(C#N)CCCC1CCN(C)C1CCC1.